The lowest BCUT2D eigenvalue weighted by atomic mass is 10.1. The average molecular weight is 472 g/mol. The Labute approximate surface area is 206 Å². The van der Waals surface area contributed by atoms with Gasteiger partial charge in [-0.1, -0.05) is 89.6 Å². The quantitative estimate of drug-likeness (QED) is 0.368. The molecule has 0 spiro atoms. The summed E-state index contributed by atoms with van der Waals surface area (Å²) in [5.74, 6) is -0.108. The molecule has 0 bridgehead atoms. The van der Waals surface area contributed by atoms with Crippen LogP contribution in [0.4, 0.5) is 0 Å². The fourth-order valence-electron chi connectivity index (χ4n) is 2.26. The molecule has 4 nitrogen and oxygen atoms in total. The van der Waals surface area contributed by atoms with Crippen molar-refractivity contribution in [1.82, 2.24) is 15.3 Å². The number of H-pyrrole nitrogens is 1. The summed E-state index contributed by atoms with van der Waals surface area (Å²) in [6, 6.07) is 15.0. The number of hydrogen-bond acceptors (Lipinski definition) is 2. The summed E-state index contributed by atoms with van der Waals surface area (Å²) < 4.78 is 0. The van der Waals surface area contributed by atoms with Crippen LogP contribution in [0.5, 0.6) is 0 Å². The molecule has 0 radical (unpaired) electrons. The summed E-state index contributed by atoms with van der Waals surface area (Å²) in [6.45, 7) is 16.5. The summed E-state index contributed by atoms with van der Waals surface area (Å²) in [7, 11) is 0. The molecule has 0 aliphatic carbocycles. The summed E-state index contributed by atoms with van der Waals surface area (Å²) in [6.07, 6.45) is 8.31. The monoisotopic (exact) mass is 471 g/mol. The van der Waals surface area contributed by atoms with Gasteiger partial charge in [-0.3, -0.25) is 4.79 Å². The molecular weight excluding hydrogens is 430 g/mol. The van der Waals surface area contributed by atoms with Crippen LogP contribution in [0.2, 0.25) is 5.02 Å². The number of carbonyl (C=O) groups is 1. The predicted molar refractivity (Wildman–Crippen MR) is 145 cm³/mol. The number of hydrogen-bond donors (Lipinski definition) is 2. The zero-order chi connectivity index (χ0) is 25.5. The fraction of sp³-hybridized carbons (Fsp3) is 0.357. The van der Waals surface area contributed by atoms with E-state index in [1.807, 2.05) is 85.9 Å². The number of allylic oxidation sites excluding steroid dienone is 2. The maximum atomic E-state index is 12.0. The zero-order valence-corrected chi connectivity index (χ0v) is 22.3. The molecule has 0 saturated carbocycles. The van der Waals surface area contributed by atoms with Gasteiger partial charge >= 0.3 is 0 Å². The standard InChI is InChI=1S/C18H16ClN3O.C4H8.3C2H6/c19-16-7-5-15(6-8-16)18(23)21-10-14-3-1-13(2-4-14)9-17-11-20-12-22-17;1-3-4-2;3*1-2/h1-8,11-12H,9-10H2,(H,20,22)(H,21,23);3-4H,1-2H3;3*1-2H3. The molecule has 1 heterocycles. The van der Waals surface area contributed by atoms with Crippen LogP contribution in [0.1, 0.15) is 82.6 Å². The van der Waals surface area contributed by atoms with E-state index in [0.717, 1.165) is 17.7 Å². The minimum absolute atomic E-state index is 0.108. The Hall–Kier alpha value is -2.85. The second-order valence-electron chi connectivity index (χ2n) is 5.93. The smallest absolute Gasteiger partial charge is 0.251 e. The first-order chi connectivity index (χ1) is 16.1. The number of nitrogens with zero attached hydrogens (tertiary/aromatic N) is 1. The van der Waals surface area contributed by atoms with Gasteiger partial charge in [-0.05, 0) is 49.2 Å². The van der Waals surface area contributed by atoms with Gasteiger partial charge in [0.05, 0.1) is 6.33 Å². The summed E-state index contributed by atoms with van der Waals surface area (Å²) >= 11 is 5.82. The first-order valence-electron chi connectivity index (χ1n) is 11.8. The van der Waals surface area contributed by atoms with Gasteiger partial charge in [0.15, 0.2) is 0 Å². The third-order valence-corrected chi connectivity index (χ3v) is 4.12. The van der Waals surface area contributed by atoms with Crippen molar-refractivity contribution < 1.29 is 4.79 Å². The lowest BCUT2D eigenvalue weighted by molar-refractivity contribution is 0.0951. The van der Waals surface area contributed by atoms with Crippen LogP contribution in [0.3, 0.4) is 0 Å². The minimum Gasteiger partial charge on any atom is -0.348 e. The second kappa shape index (κ2) is 22.3. The van der Waals surface area contributed by atoms with E-state index in [1.54, 1.807) is 30.6 Å². The number of imidazole rings is 1. The van der Waals surface area contributed by atoms with Gasteiger partial charge < -0.3 is 10.3 Å². The van der Waals surface area contributed by atoms with Crippen LogP contribution < -0.4 is 5.32 Å². The third kappa shape index (κ3) is 14.8. The number of benzene rings is 2. The van der Waals surface area contributed by atoms with Gasteiger partial charge in [0.25, 0.3) is 5.91 Å². The Morgan fingerprint density at radius 3 is 1.85 bits per heavy atom. The van der Waals surface area contributed by atoms with E-state index in [-0.39, 0.29) is 5.91 Å². The van der Waals surface area contributed by atoms with E-state index >= 15 is 0 Å². The van der Waals surface area contributed by atoms with Crippen molar-refractivity contribution in [2.45, 2.75) is 68.4 Å². The lowest BCUT2D eigenvalue weighted by Gasteiger charge is -2.07. The largest absolute Gasteiger partial charge is 0.348 e. The van der Waals surface area contributed by atoms with E-state index in [0.29, 0.717) is 17.1 Å². The Balaban J connectivity index is 0. The topological polar surface area (TPSA) is 57.8 Å². The third-order valence-electron chi connectivity index (χ3n) is 3.87. The fourth-order valence-corrected chi connectivity index (χ4v) is 2.39. The van der Waals surface area contributed by atoms with E-state index < -0.39 is 0 Å². The summed E-state index contributed by atoms with van der Waals surface area (Å²) in [5.41, 5.74) is 3.93. The molecule has 3 rings (SSSR count). The van der Waals surface area contributed by atoms with Crippen LogP contribution in [0.15, 0.2) is 73.2 Å². The number of carbonyl (C=O) groups excluding carboxylic acids is 1. The number of rotatable bonds is 5. The number of nitrogens with one attached hydrogen (secondary N) is 2. The lowest BCUT2D eigenvalue weighted by Crippen LogP contribution is -2.22. The number of amides is 1. The summed E-state index contributed by atoms with van der Waals surface area (Å²) in [4.78, 5) is 19.1. The van der Waals surface area contributed by atoms with Crippen molar-refractivity contribution >= 4 is 17.5 Å². The molecule has 2 N–H and O–H groups in total. The molecule has 33 heavy (non-hydrogen) atoms. The van der Waals surface area contributed by atoms with Crippen LogP contribution in [0.25, 0.3) is 0 Å². The van der Waals surface area contributed by atoms with Gasteiger partial charge in [0.2, 0.25) is 0 Å². The van der Waals surface area contributed by atoms with E-state index in [1.165, 1.54) is 5.56 Å². The van der Waals surface area contributed by atoms with Crippen LogP contribution in [-0.2, 0) is 13.0 Å². The Bertz CT molecular complexity index is 836. The first-order valence-corrected chi connectivity index (χ1v) is 12.2. The molecule has 5 heteroatoms. The Morgan fingerprint density at radius 1 is 0.879 bits per heavy atom. The van der Waals surface area contributed by atoms with Crippen LogP contribution in [-0.4, -0.2) is 15.9 Å². The Morgan fingerprint density at radius 2 is 1.39 bits per heavy atom. The maximum absolute atomic E-state index is 12.0. The molecule has 0 aliphatic heterocycles. The molecule has 0 saturated heterocycles. The predicted octanol–water partition coefficient (Wildman–Crippen LogP) is 8.24. The van der Waals surface area contributed by atoms with E-state index in [4.69, 9.17) is 11.6 Å². The molecule has 0 unspecified atom stereocenters. The van der Waals surface area contributed by atoms with Crippen molar-refractivity contribution in [3.8, 4) is 0 Å². The van der Waals surface area contributed by atoms with Crippen LogP contribution >= 0.6 is 11.6 Å². The highest BCUT2D eigenvalue weighted by Crippen LogP contribution is 2.11. The summed E-state index contributed by atoms with van der Waals surface area (Å²) in [5, 5.41) is 3.52. The van der Waals surface area contributed by atoms with Crippen molar-refractivity contribution in [2.75, 3.05) is 0 Å². The highest BCUT2D eigenvalue weighted by Gasteiger charge is 2.05. The molecular formula is C28H42ClN3O. The number of aromatic amines is 1. The maximum Gasteiger partial charge on any atom is 0.251 e. The van der Waals surface area contributed by atoms with Crippen molar-refractivity contribution in [3.05, 3.63) is 101 Å². The van der Waals surface area contributed by atoms with Crippen molar-refractivity contribution in [2.24, 2.45) is 0 Å². The van der Waals surface area contributed by atoms with Crippen LogP contribution in [0, 0.1) is 0 Å². The van der Waals surface area contributed by atoms with Gasteiger partial charge in [-0.25, -0.2) is 4.98 Å². The average Bonchev–Trinajstić information content (AvgIpc) is 3.41. The molecule has 3 aromatic rings. The molecule has 1 amide bonds. The van der Waals surface area contributed by atoms with Gasteiger partial charge in [0.1, 0.15) is 0 Å². The van der Waals surface area contributed by atoms with Gasteiger partial charge in [0, 0.05) is 35.4 Å². The highest BCUT2D eigenvalue weighted by molar-refractivity contribution is 6.30. The van der Waals surface area contributed by atoms with E-state index in [9.17, 15) is 4.79 Å². The molecule has 2 aromatic carbocycles. The van der Waals surface area contributed by atoms with E-state index in [2.05, 4.69) is 27.4 Å². The first kappa shape index (κ1) is 32.3. The minimum atomic E-state index is -0.108. The molecule has 0 fully saturated rings. The zero-order valence-electron chi connectivity index (χ0n) is 21.6. The van der Waals surface area contributed by atoms with Crippen molar-refractivity contribution in [3.63, 3.8) is 0 Å². The number of aromatic nitrogens is 2. The SMILES string of the molecule is CC.CC.CC.CC=CC.O=C(NCc1ccc(Cc2cnc[nH]2)cc1)c1ccc(Cl)cc1. The molecule has 182 valence electrons. The molecule has 1 aromatic heterocycles. The second-order valence-corrected chi connectivity index (χ2v) is 6.36. The van der Waals surface area contributed by atoms with Crippen molar-refractivity contribution in [1.29, 1.82) is 0 Å². The van der Waals surface area contributed by atoms with Gasteiger partial charge in [-0.2, -0.15) is 0 Å². The number of halogens is 1. The van der Waals surface area contributed by atoms with Gasteiger partial charge in [-0.15, -0.1) is 0 Å². The Kier molecular flexibility index (Phi) is 21.9. The normalized spacial score (nSPS) is 9.00. The molecule has 0 aliphatic rings. The highest BCUT2D eigenvalue weighted by atomic mass is 35.5. The molecule has 0 atom stereocenters.